The minimum Gasteiger partial charge on any atom is -0.443 e. The molecule has 22 heavy (non-hydrogen) atoms. The van der Waals surface area contributed by atoms with Gasteiger partial charge in [-0.25, -0.2) is 15.4 Å². The Kier molecular flexibility index (Phi) is 7.17. The van der Waals surface area contributed by atoms with Crippen LogP contribution in [-0.2, 0) is 14.3 Å². The first kappa shape index (κ1) is 20.5. The molecule has 0 aromatic rings. The van der Waals surface area contributed by atoms with Crippen molar-refractivity contribution in [2.75, 3.05) is 5.75 Å². The van der Waals surface area contributed by atoms with Crippen LogP contribution in [0.25, 0.3) is 0 Å². The summed E-state index contributed by atoms with van der Waals surface area (Å²) < 4.78 is 10.3. The minimum absolute atomic E-state index is 0.137. The smallest absolute Gasteiger partial charge is 0.420 e. The third kappa shape index (κ3) is 6.99. The van der Waals surface area contributed by atoms with E-state index < -0.39 is 35.3 Å². The molecule has 0 heterocycles. The van der Waals surface area contributed by atoms with E-state index in [0.29, 0.717) is 4.90 Å². The van der Waals surface area contributed by atoms with Crippen molar-refractivity contribution in [1.29, 1.82) is 0 Å². The summed E-state index contributed by atoms with van der Waals surface area (Å²) >= 11 is 3.99. The van der Waals surface area contributed by atoms with E-state index >= 15 is 0 Å². The maximum atomic E-state index is 12.3. The first-order valence-corrected chi connectivity index (χ1v) is 7.32. The number of thiol groups is 1. The molecule has 0 rings (SSSR count). The highest BCUT2D eigenvalue weighted by molar-refractivity contribution is 7.80. The summed E-state index contributed by atoms with van der Waals surface area (Å²) in [6, 6.07) is -1.25. The van der Waals surface area contributed by atoms with Gasteiger partial charge in [-0.05, 0) is 41.5 Å². The number of nitrogens with zero attached hydrogens (tertiary/aromatic N) is 1. The minimum atomic E-state index is -1.25. The predicted octanol–water partition coefficient (Wildman–Crippen LogP) is 1.45. The van der Waals surface area contributed by atoms with Gasteiger partial charge in [0.05, 0.1) is 0 Å². The van der Waals surface area contributed by atoms with Crippen molar-refractivity contribution < 1.29 is 23.9 Å². The summed E-state index contributed by atoms with van der Waals surface area (Å²) in [7, 11) is 0. The molecule has 8 nitrogen and oxygen atoms in total. The lowest BCUT2D eigenvalue weighted by Gasteiger charge is -2.31. The summed E-state index contributed by atoms with van der Waals surface area (Å²) in [5.41, 5.74) is 0.188. The Morgan fingerprint density at radius 2 is 1.41 bits per heavy atom. The number of nitrogens with two attached hydrogens (primary N) is 1. The molecule has 0 spiro atoms. The van der Waals surface area contributed by atoms with Crippen LogP contribution >= 0.6 is 12.6 Å². The zero-order chi connectivity index (χ0) is 17.7. The van der Waals surface area contributed by atoms with E-state index in [1.807, 2.05) is 5.43 Å². The van der Waals surface area contributed by atoms with Crippen molar-refractivity contribution in [1.82, 2.24) is 10.3 Å². The number of carbonyl (C=O) groups excluding carboxylic acids is 3. The van der Waals surface area contributed by atoms with Gasteiger partial charge in [0.1, 0.15) is 17.2 Å². The van der Waals surface area contributed by atoms with Crippen LogP contribution in [0.4, 0.5) is 9.59 Å². The number of carbonyl (C=O) groups is 3. The van der Waals surface area contributed by atoms with Gasteiger partial charge in [-0.15, -0.1) is 0 Å². The first-order chi connectivity index (χ1) is 9.82. The monoisotopic (exact) mass is 335 g/mol. The Balaban J connectivity index is 5.51. The second-order valence-corrected chi connectivity index (χ2v) is 6.90. The SMILES string of the molecule is CC(C)(C)OC(=O)N(C(=O)OC(C)(C)C)[C@@H](CS)C(=O)NN. The van der Waals surface area contributed by atoms with Crippen LogP contribution in [0, 0.1) is 0 Å². The van der Waals surface area contributed by atoms with Gasteiger partial charge in [0, 0.05) is 5.75 Å². The number of nitrogens with one attached hydrogen (secondary N) is 1. The molecule has 1 atom stereocenters. The summed E-state index contributed by atoms with van der Waals surface area (Å²) in [6.07, 6.45) is -2.02. The fourth-order valence-electron chi connectivity index (χ4n) is 1.33. The number of ether oxygens (including phenoxy) is 2. The number of hydrogen-bond donors (Lipinski definition) is 3. The maximum absolute atomic E-state index is 12.3. The van der Waals surface area contributed by atoms with E-state index in [9.17, 15) is 14.4 Å². The van der Waals surface area contributed by atoms with Crippen LogP contribution in [-0.4, -0.2) is 46.0 Å². The van der Waals surface area contributed by atoms with Crippen molar-refractivity contribution in [3.05, 3.63) is 0 Å². The number of hydrogen-bond acceptors (Lipinski definition) is 7. The summed E-state index contributed by atoms with van der Waals surface area (Å²) in [5, 5.41) is 0. The fraction of sp³-hybridized carbons (Fsp3) is 0.769. The molecule has 3 N–H and O–H groups in total. The van der Waals surface area contributed by atoms with E-state index in [0.717, 1.165) is 0 Å². The van der Waals surface area contributed by atoms with Crippen LogP contribution in [0.3, 0.4) is 0 Å². The lowest BCUT2D eigenvalue weighted by Crippen LogP contribution is -2.56. The maximum Gasteiger partial charge on any atom is 0.420 e. The topological polar surface area (TPSA) is 111 Å². The molecule has 0 radical (unpaired) electrons. The molecular weight excluding hydrogens is 310 g/mol. The van der Waals surface area contributed by atoms with Crippen molar-refractivity contribution in [2.24, 2.45) is 5.84 Å². The highest BCUT2D eigenvalue weighted by Gasteiger charge is 2.39. The molecule has 0 aliphatic carbocycles. The Bertz CT molecular complexity index is 400. The molecule has 0 aliphatic rings. The Morgan fingerprint density at radius 1 is 1.05 bits per heavy atom. The van der Waals surface area contributed by atoms with Crippen molar-refractivity contribution in [3.63, 3.8) is 0 Å². The van der Waals surface area contributed by atoms with Crippen LogP contribution in [0.5, 0.6) is 0 Å². The van der Waals surface area contributed by atoms with Gasteiger partial charge >= 0.3 is 12.2 Å². The Labute approximate surface area is 136 Å². The average Bonchev–Trinajstić information content (AvgIpc) is 2.29. The first-order valence-electron chi connectivity index (χ1n) is 6.69. The van der Waals surface area contributed by atoms with Crippen LogP contribution in [0.1, 0.15) is 41.5 Å². The molecule has 9 heteroatoms. The third-order valence-corrected chi connectivity index (χ3v) is 2.46. The lowest BCUT2D eigenvalue weighted by molar-refractivity contribution is -0.125. The molecule has 0 aromatic carbocycles. The third-order valence-electron chi connectivity index (χ3n) is 2.11. The second-order valence-electron chi connectivity index (χ2n) is 6.54. The number of amides is 3. The fourth-order valence-corrected chi connectivity index (χ4v) is 1.66. The van der Waals surface area contributed by atoms with E-state index in [1.54, 1.807) is 41.5 Å². The normalized spacial score (nSPS) is 13.1. The zero-order valence-corrected chi connectivity index (χ0v) is 14.7. The highest BCUT2D eigenvalue weighted by atomic mass is 32.1. The van der Waals surface area contributed by atoms with Crippen molar-refractivity contribution >= 4 is 30.7 Å². The van der Waals surface area contributed by atoms with Gasteiger partial charge in [0.2, 0.25) is 0 Å². The highest BCUT2D eigenvalue weighted by Crippen LogP contribution is 2.17. The van der Waals surface area contributed by atoms with Crippen molar-refractivity contribution in [3.8, 4) is 0 Å². The van der Waals surface area contributed by atoms with Gasteiger partial charge < -0.3 is 9.47 Å². The molecule has 0 saturated carbocycles. The predicted molar refractivity (Wildman–Crippen MR) is 84.3 cm³/mol. The molecule has 0 saturated heterocycles. The zero-order valence-electron chi connectivity index (χ0n) is 13.8. The summed E-state index contributed by atoms with van der Waals surface area (Å²) in [4.78, 5) is 36.9. The molecule has 0 bridgehead atoms. The van der Waals surface area contributed by atoms with Gasteiger partial charge in [-0.3, -0.25) is 10.2 Å². The number of hydrazine groups is 1. The van der Waals surface area contributed by atoms with E-state index in [4.69, 9.17) is 15.3 Å². The van der Waals surface area contributed by atoms with Gasteiger partial charge in [-0.1, -0.05) is 0 Å². The number of imide groups is 1. The van der Waals surface area contributed by atoms with Gasteiger partial charge in [0.15, 0.2) is 0 Å². The molecular formula is C13H25N3O5S. The molecule has 3 amide bonds. The van der Waals surface area contributed by atoms with Crippen LogP contribution in [0.2, 0.25) is 0 Å². The van der Waals surface area contributed by atoms with E-state index in [1.165, 1.54) is 0 Å². The quantitative estimate of drug-likeness (QED) is 0.311. The average molecular weight is 335 g/mol. The van der Waals surface area contributed by atoms with E-state index in [2.05, 4.69) is 12.6 Å². The van der Waals surface area contributed by atoms with Crippen LogP contribution in [0.15, 0.2) is 0 Å². The van der Waals surface area contributed by atoms with Gasteiger partial charge in [0.25, 0.3) is 5.91 Å². The summed E-state index contributed by atoms with van der Waals surface area (Å²) in [6.45, 7) is 9.81. The Morgan fingerprint density at radius 3 is 1.64 bits per heavy atom. The number of rotatable bonds is 3. The lowest BCUT2D eigenvalue weighted by atomic mass is 10.2. The van der Waals surface area contributed by atoms with E-state index in [-0.39, 0.29) is 5.75 Å². The largest absolute Gasteiger partial charge is 0.443 e. The standard InChI is InChI=1S/C13H25N3O5S/c1-12(2,3)20-10(18)16(8(7-22)9(17)15-14)11(19)21-13(4,5)6/h8,22H,7,14H2,1-6H3,(H,15,17)/t8-/m0/s1. The Hall–Kier alpha value is -1.48. The summed E-state index contributed by atoms with van der Waals surface area (Å²) in [5.74, 6) is 4.18. The molecule has 0 aromatic heterocycles. The van der Waals surface area contributed by atoms with Gasteiger partial charge in [-0.2, -0.15) is 17.5 Å². The molecule has 0 aliphatic heterocycles. The molecule has 0 unspecified atom stereocenters. The van der Waals surface area contributed by atoms with Crippen molar-refractivity contribution in [2.45, 2.75) is 58.8 Å². The van der Waals surface area contributed by atoms with Crippen LogP contribution < -0.4 is 11.3 Å². The molecule has 0 fully saturated rings. The molecule has 128 valence electrons. The second kappa shape index (κ2) is 7.68.